The molecule has 1 saturated heterocycles. The number of carbonyl (C=O) groups excluding carboxylic acids is 2. The van der Waals surface area contributed by atoms with E-state index in [0.717, 1.165) is 43.4 Å². The molecule has 0 aliphatic carbocycles. The van der Waals surface area contributed by atoms with Crippen molar-refractivity contribution in [3.05, 3.63) is 29.6 Å². The lowest BCUT2D eigenvalue weighted by atomic mass is 9.94. The van der Waals surface area contributed by atoms with Crippen LogP contribution in [0, 0.1) is 12.8 Å². The fourth-order valence-corrected chi connectivity index (χ4v) is 3.17. The van der Waals surface area contributed by atoms with E-state index in [1.807, 2.05) is 29.8 Å². The first-order valence-electron chi connectivity index (χ1n) is 8.95. The van der Waals surface area contributed by atoms with E-state index in [1.165, 1.54) is 0 Å². The van der Waals surface area contributed by atoms with Gasteiger partial charge in [0.1, 0.15) is 0 Å². The quantitative estimate of drug-likeness (QED) is 0.804. The van der Waals surface area contributed by atoms with Crippen LogP contribution in [0.1, 0.15) is 43.7 Å². The molecule has 2 amide bonds. The Morgan fingerprint density at radius 3 is 2.67 bits per heavy atom. The summed E-state index contributed by atoms with van der Waals surface area (Å²) in [5, 5.41) is 0. The Balaban J connectivity index is 1.83. The lowest BCUT2D eigenvalue weighted by Crippen LogP contribution is -2.44. The molecule has 0 unspecified atom stereocenters. The van der Waals surface area contributed by atoms with Gasteiger partial charge in [0.2, 0.25) is 11.8 Å². The van der Waals surface area contributed by atoms with Crippen LogP contribution >= 0.6 is 0 Å². The second-order valence-electron chi connectivity index (χ2n) is 6.75. The topological polar surface area (TPSA) is 53.5 Å². The highest BCUT2D eigenvalue weighted by molar-refractivity contribution is 5.81. The minimum Gasteiger partial charge on any atom is -0.346 e. The summed E-state index contributed by atoms with van der Waals surface area (Å²) in [5.74, 6) is 0.452. The lowest BCUT2D eigenvalue weighted by Gasteiger charge is -2.33. The third-order valence-corrected chi connectivity index (χ3v) is 4.90. The summed E-state index contributed by atoms with van der Waals surface area (Å²) in [6.07, 6.45) is 7.63. The van der Waals surface area contributed by atoms with E-state index in [0.29, 0.717) is 19.5 Å². The number of pyridine rings is 1. The zero-order valence-corrected chi connectivity index (χ0v) is 15.1. The van der Waals surface area contributed by atoms with Crippen molar-refractivity contribution in [2.75, 3.05) is 26.7 Å². The minimum absolute atomic E-state index is 0.0681. The van der Waals surface area contributed by atoms with Gasteiger partial charge in [-0.2, -0.15) is 0 Å². The van der Waals surface area contributed by atoms with Gasteiger partial charge >= 0.3 is 0 Å². The van der Waals surface area contributed by atoms with Crippen LogP contribution in [0.2, 0.25) is 0 Å². The lowest BCUT2D eigenvalue weighted by molar-refractivity contribution is -0.139. The zero-order chi connectivity index (χ0) is 17.5. The van der Waals surface area contributed by atoms with E-state index >= 15 is 0 Å². The summed E-state index contributed by atoms with van der Waals surface area (Å²) in [6.45, 7) is 6.30. The summed E-state index contributed by atoms with van der Waals surface area (Å²) in [4.78, 5) is 32.7. The van der Waals surface area contributed by atoms with Gasteiger partial charge in [-0.3, -0.25) is 14.6 Å². The molecule has 1 fully saturated rings. The smallest absolute Gasteiger partial charge is 0.227 e. The number of hydrogen-bond acceptors (Lipinski definition) is 3. The van der Waals surface area contributed by atoms with Crippen molar-refractivity contribution in [1.82, 2.24) is 14.8 Å². The van der Waals surface area contributed by atoms with Crippen molar-refractivity contribution >= 4 is 11.8 Å². The first kappa shape index (κ1) is 18.4. The fourth-order valence-electron chi connectivity index (χ4n) is 3.17. The number of rotatable bonds is 6. The molecule has 0 aromatic carbocycles. The van der Waals surface area contributed by atoms with Gasteiger partial charge in [0, 0.05) is 45.0 Å². The summed E-state index contributed by atoms with van der Waals surface area (Å²) >= 11 is 0. The monoisotopic (exact) mass is 331 g/mol. The molecule has 1 aromatic heterocycles. The third-order valence-electron chi connectivity index (χ3n) is 4.90. The van der Waals surface area contributed by atoms with Crippen molar-refractivity contribution in [1.29, 1.82) is 0 Å². The molecule has 1 aliphatic rings. The first-order chi connectivity index (χ1) is 11.5. The molecule has 2 rings (SSSR count). The van der Waals surface area contributed by atoms with E-state index in [-0.39, 0.29) is 17.7 Å². The van der Waals surface area contributed by atoms with Crippen molar-refractivity contribution < 1.29 is 9.59 Å². The zero-order valence-electron chi connectivity index (χ0n) is 15.1. The molecule has 5 heteroatoms. The maximum atomic E-state index is 12.5. The van der Waals surface area contributed by atoms with Crippen LogP contribution in [-0.2, 0) is 16.0 Å². The van der Waals surface area contributed by atoms with Crippen LogP contribution in [0.15, 0.2) is 18.5 Å². The largest absolute Gasteiger partial charge is 0.346 e. The van der Waals surface area contributed by atoms with Crippen molar-refractivity contribution in [3.63, 3.8) is 0 Å². The van der Waals surface area contributed by atoms with Gasteiger partial charge < -0.3 is 9.80 Å². The second-order valence-corrected chi connectivity index (χ2v) is 6.75. The molecule has 0 N–H and O–H groups in total. The first-order valence-corrected chi connectivity index (χ1v) is 8.95. The molecule has 2 heterocycles. The van der Waals surface area contributed by atoms with E-state index in [1.54, 1.807) is 12.4 Å². The summed E-state index contributed by atoms with van der Waals surface area (Å²) in [5.41, 5.74) is 2.08. The third kappa shape index (κ3) is 4.79. The Kier molecular flexibility index (Phi) is 6.76. The molecule has 0 spiro atoms. The molecule has 0 radical (unpaired) electrons. The molecule has 5 nitrogen and oxygen atoms in total. The van der Waals surface area contributed by atoms with Gasteiger partial charge in [-0.25, -0.2) is 0 Å². The standard InChI is InChI=1S/C19H29N3O2/c1-4-5-10-21(3)19(24)16-7-11-22(12-8-16)18(23)13-17-6-9-20-14-15(17)2/h6,9,14,16H,4-5,7-8,10-13H2,1-3H3. The molecule has 132 valence electrons. The normalized spacial score (nSPS) is 15.4. The Labute approximate surface area is 145 Å². The number of carbonyl (C=O) groups is 2. The molecular weight excluding hydrogens is 302 g/mol. The number of amides is 2. The van der Waals surface area contributed by atoms with Gasteiger partial charge in [0.25, 0.3) is 0 Å². The predicted octanol–water partition coefficient (Wildman–Crippen LogP) is 2.43. The summed E-state index contributed by atoms with van der Waals surface area (Å²) < 4.78 is 0. The molecular formula is C19H29N3O2. The number of likely N-dealkylation sites (tertiary alicyclic amines) is 1. The predicted molar refractivity (Wildman–Crippen MR) is 94.5 cm³/mol. The molecule has 1 aromatic rings. The Hall–Kier alpha value is -1.91. The number of unbranched alkanes of at least 4 members (excludes halogenated alkanes) is 1. The van der Waals surface area contributed by atoms with Crippen LogP contribution in [0.4, 0.5) is 0 Å². The van der Waals surface area contributed by atoms with Crippen molar-refractivity contribution in [3.8, 4) is 0 Å². The number of nitrogens with zero attached hydrogens (tertiary/aromatic N) is 3. The average molecular weight is 331 g/mol. The van der Waals surface area contributed by atoms with Gasteiger partial charge in [-0.15, -0.1) is 0 Å². The Morgan fingerprint density at radius 2 is 2.04 bits per heavy atom. The van der Waals surface area contributed by atoms with E-state index in [9.17, 15) is 9.59 Å². The van der Waals surface area contributed by atoms with Gasteiger partial charge in [-0.1, -0.05) is 13.3 Å². The van der Waals surface area contributed by atoms with Crippen LogP contribution < -0.4 is 0 Å². The molecule has 0 saturated carbocycles. The fraction of sp³-hybridized carbons (Fsp3) is 0.632. The number of piperidine rings is 1. The van der Waals surface area contributed by atoms with Gasteiger partial charge in [0.05, 0.1) is 6.42 Å². The van der Waals surface area contributed by atoms with E-state index in [4.69, 9.17) is 0 Å². The van der Waals surface area contributed by atoms with Crippen LogP contribution in [-0.4, -0.2) is 53.3 Å². The minimum atomic E-state index is 0.0681. The maximum Gasteiger partial charge on any atom is 0.227 e. The average Bonchev–Trinajstić information content (AvgIpc) is 2.61. The molecule has 24 heavy (non-hydrogen) atoms. The maximum absolute atomic E-state index is 12.5. The summed E-state index contributed by atoms with van der Waals surface area (Å²) in [6, 6.07) is 1.91. The van der Waals surface area contributed by atoms with Gasteiger partial charge in [-0.05, 0) is 43.4 Å². The van der Waals surface area contributed by atoms with Crippen LogP contribution in [0.25, 0.3) is 0 Å². The number of hydrogen-bond donors (Lipinski definition) is 0. The SMILES string of the molecule is CCCCN(C)C(=O)C1CCN(C(=O)Cc2ccncc2C)CC1. The van der Waals surface area contributed by atoms with Crippen LogP contribution in [0.5, 0.6) is 0 Å². The van der Waals surface area contributed by atoms with Crippen molar-refractivity contribution in [2.24, 2.45) is 5.92 Å². The Morgan fingerprint density at radius 1 is 1.33 bits per heavy atom. The summed E-state index contributed by atoms with van der Waals surface area (Å²) in [7, 11) is 1.89. The Bertz CT molecular complexity index is 565. The molecule has 1 aliphatic heterocycles. The van der Waals surface area contributed by atoms with E-state index < -0.39 is 0 Å². The van der Waals surface area contributed by atoms with Crippen LogP contribution in [0.3, 0.4) is 0 Å². The molecule has 0 atom stereocenters. The number of aryl methyl sites for hydroxylation is 1. The highest BCUT2D eigenvalue weighted by atomic mass is 16.2. The molecule has 0 bridgehead atoms. The van der Waals surface area contributed by atoms with E-state index in [2.05, 4.69) is 11.9 Å². The second kappa shape index (κ2) is 8.81. The van der Waals surface area contributed by atoms with Gasteiger partial charge in [0.15, 0.2) is 0 Å². The number of aromatic nitrogens is 1. The van der Waals surface area contributed by atoms with Crippen molar-refractivity contribution in [2.45, 2.75) is 46.0 Å². The highest BCUT2D eigenvalue weighted by Gasteiger charge is 2.28. The highest BCUT2D eigenvalue weighted by Crippen LogP contribution is 2.20.